The predicted octanol–water partition coefficient (Wildman–Crippen LogP) is 1.49. The van der Waals surface area contributed by atoms with Crippen LogP contribution in [0.4, 0.5) is 5.69 Å². The van der Waals surface area contributed by atoms with Gasteiger partial charge in [-0.3, -0.25) is 4.48 Å². The van der Waals surface area contributed by atoms with E-state index in [9.17, 15) is 5.11 Å². The van der Waals surface area contributed by atoms with Gasteiger partial charge in [-0.15, -0.1) is 0 Å². The highest BCUT2D eigenvalue weighted by Crippen LogP contribution is 2.46. The van der Waals surface area contributed by atoms with Crippen LogP contribution < -0.4 is 9.22 Å². The summed E-state index contributed by atoms with van der Waals surface area (Å²) in [4.78, 5) is 0. The normalized spacial score (nSPS) is 35.9. The van der Waals surface area contributed by atoms with E-state index in [0.717, 1.165) is 29.7 Å². The van der Waals surface area contributed by atoms with E-state index in [1.807, 2.05) is 6.07 Å². The van der Waals surface area contributed by atoms with E-state index in [4.69, 9.17) is 4.74 Å². The van der Waals surface area contributed by atoms with Gasteiger partial charge in [-0.05, 0) is 12.1 Å². The molecule has 0 saturated carbocycles. The Kier molecular flexibility index (Phi) is 2.03. The van der Waals surface area contributed by atoms with E-state index < -0.39 is 0 Å². The molecule has 3 aliphatic rings. The van der Waals surface area contributed by atoms with Gasteiger partial charge in [0.15, 0.2) is 0 Å². The van der Waals surface area contributed by atoms with Crippen molar-refractivity contribution in [2.75, 3.05) is 27.2 Å². The summed E-state index contributed by atoms with van der Waals surface area (Å²) < 4.78 is 6.14. The van der Waals surface area contributed by atoms with Crippen molar-refractivity contribution in [3.8, 4) is 5.75 Å². The third-order valence-corrected chi connectivity index (χ3v) is 4.20. The highest BCUT2D eigenvalue weighted by Gasteiger charge is 2.47. The fraction of sp³-hybridized carbons (Fsp3) is 0.538. The zero-order valence-corrected chi connectivity index (χ0v) is 9.81. The molecule has 0 amide bonds. The molecule has 0 aliphatic carbocycles. The van der Waals surface area contributed by atoms with E-state index in [0.29, 0.717) is 5.92 Å². The van der Waals surface area contributed by atoms with Crippen LogP contribution in [0, 0.1) is 0 Å². The Morgan fingerprint density at radius 3 is 2.94 bits per heavy atom. The lowest BCUT2D eigenvalue weighted by atomic mass is 9.79. The van der Waals surface area contributed by atoms with E-state index in [-0.39, 0.29) is 6.10 Å². The first-order valence-electron chi connectivity index (χ1n) is 5.85. The van der Waals surface area contributed by atoms with Crippen molar-refractivity contribution in [3.63, 3.8) is 0 Å². The molecule has 0 aromatic heterocycles. The maximum absolute atomic E-state index is 10.1. The summed E-state index contributed by atoms with van der Waals surface area (Å²) in [5, 5.41) is 10.1. The first kappa shape index (κ1) is 10.1. The van der Waals surface area contributed by atoms with Gasteiger partial charge in [-0.25, -0.2) is 0 Å². The summed E-state index contributed by atoms with van der Waals surface area (Å²) in [6, 6.07) is 6.28. The van der Waals surface area contributed by atoms with Gasteiger partial charge in [0.25, 0.3) is 0 Å². The fourth-order valence-electron chi connectivity index (χ4n) is 3.28. The van der Waals surface area contributed by atoms with Crippen LogP contribution in [0.25, 0.3) is 0 Å². The standard InChI is InChI=1S/C13H18NO2/c1-14-6-5-10(13(15)8-14)11-7-9(16-2)3-4-12(11)14/h3-4,7,10,13,15H,5-6,8H2,1-2H3/q+1. The van der Waals surface area contributed by atoms with E-state index in [1.165, 1.54) is 11.3 Å². The number of rotatable bonds is 1. The molecule has 16 heavy (non-hydrogen) atoms. The molecule has 3 heterocycles. The Balaban J connectivity index is 2.17. The molecule has 3 atom stereocenters. The van der Waals surface area contributed by atoms with Gasteiger partial charge < -0.3 is 9.84 Å². The molecule has 1 fully saturated rings. The highest BCUT2D eigenvalue weighted by molar-refractivity contribution is 5.59. The maximum atomic E-state index is 10.1. The lowest BCUT2D eigenvalue weighted by Crippen LogP contribution is -2.60. The monoisotopic (exact) mass is 220 g/mol. The van der Waals surface area contributed by atoms with Crippen molar-refractivity contribution in [2.45, 2.75) is 18.4 Å². The van der Waals surface area contributed by atoms with Crippen molar-refractivity contribution in [1.82, 2.24) is 4.48 Å². The quantitative estimate of drug-likeness (QED) is 0.727. The lowest BCUT2D eigenvalue weighted by molar-refractivity contribution is 0.0502. The molecule has 3 nitrogen and oxygen atoms in total. The van der Waals surface area contributed by atoms with Crippen LogP contribution >= 0.6 is 0 Å². The van der Waals surface area contributed by atoms with Gasteiger partial charge in [0.2, 0.25) is 0 Å². The molecule has 0 radical (unpaired) electrons. The third kappa shape index (κ3) is 1.22. The molecular weight excluding hydrogens is 202 g/mol. The van der Waals surface area contributed by atoms with Gasteiger partial charge in [-0.1, -0.05) is 0 Å². The number of ether oxygens (including phenoxy) is 1. The number of benzene rings is 1. The molecule has 4 rings (SSSR count). The van der Waals surface area contributed by atoms with Gasteiger partial charge in [0.1, 0.15) is 24.1 Å². The average molecular weight is 220 g/mol. The van der Waals surface area contributed by atoms with Crippen LogP contribution in [0.3, 0.4) is 0 Å². The summed E-state index contributed by atoms with van der Waals surface area (Å²) in [6.45, 7) is 1.99. The summed E-state index contributed by atoms with van der Waals surface area (Å²) in [7, 11) is 3.90. The Morgan fingerprint density at radius 1 is 1.44 bits per heavy atom. The van der Waals surface area contributed by atoms with Gasteiger partial charge in [-0.2, -0.15) is 0 Å². The zero-order valence-electron chi connectivity index (χ0n) is 9.81. The topological polar surface area (TPSA) is 29.5 Å². The average Bonchev–Trinajstić information content (AvgIpc) is 2.28. The van der Waals surface area contributed by atoms with Gasteiger partial charge in [0, 0.05) is 24.0 Å². The minimum Gasteiger partial charge on any atom is -0.497 e. The number of methoxy groups -OCH3 is 1. The van der Waals surface area contributed by atoms with Crippen LogP contribution in [0.1, 0.15) is 17.9 Å². The number of hydrogen-bond donors (Lipinski definition) is 1. The number of likely N-dealkylation sites (N-methyl/N-ethyl adjacent to an activating group) is 1. The van der Waals surface area contributed by atoms with Gasteiger partial charge in [0.05, 0.1) is 20.7 Å². The number of aliphatic hydroxyl groups is 1. The smallest absolute Gasteiger partial charge is 0.136 e. The molecule has 1 saturated heterocycles. The summed E-state index contributed by atoms with van der Waals surface area (Å²) in [5.74, 6) is 1.20. The van der Waals surface area contributed by atoms with Crippen LogP contribution in [-0.4, -0.2) is 38.5 Å². The van der Waals surface area contributed by atoms with Crippen molar-refractivity contribution < 1.29 is 9.84 Å². The minimum atomic E-state index is -0.196. The van der Waals surface area contributed by atoms with Crippen molar-refractivity contribution >= 4 is 5.69 Å². The summed E-state index contributed by atoms with van der Waals surface area (Å²) in [5.41, 5.74) is 2.65. The van der Waals surface area contributed by atoms with Crippen LogP contribution in [0.2, 0.25) is 0 Å². The molecule has 1 aromatic rings. The maximum Gasteiger partial charge on any atom is 0.136 e. The van der Waals surface area contributed by atoms with Gasteiger partial charge >= 0.3 is 0 Å². The Labute approximate surface area is 95.9 Å². The van der Waals surface area contributed by atoms with Crippen LogP contribution in [0.5, 0.6) is 5.75 Å². The van der Waals surface area contributed by atoms with Crippen LogP contribution in [-0.2, 0) is 0 Å². The van der Waals surface area contributed by atoms with Crippen LogP contribution in [0.15, 0.2) is 18.2 Å². The number of hydrogen-bond acceptors (Lipinski definition) is 2. The fourth-order valence-corrected chi connectivity index (χ4v) is 3.28. The number of fused-ring (bicyclic) bond motifs is 2. The Bertz CT molecular complexity index is 432. The number of quaternary nitrogens is 1. The molecule has 2 bridgehead atoms. The lowest BCUT2D eigenvalue weighted by Gasteiger charge is -2.49. The second-order valence-corrected chi connectivity index (χ2v) is 5.19. The number of nitrogens with zero attached hydrogens (tertiary/aromatic N) is 1. The minimum absolute atomic E-state index is 0.196. The SMILES string of the molecule is COc1ccc2c(c1)C1CC[N+]2(C)CC1O. The largest absolute Gasteiger partial charge is 0.497 e. The van der Waals surface area contributed by atoms with E-state index in [1.54, 1.807) is 7.11 Å². The molecule has 86 valence electrons. The molecule has 3 heteroatoms. The number of piperidine rings is 1. The first-order valence-corrected chi connectivity index (χ1v) is 5.85. The molecular formula is C13H18NO2+. The zero-order chi connectivity index (χ0) is 11.3. The Morgan fingerprint density at radius 2 is 2.25 bits per heavy atom. The van der Waals surface area contributed by atoms with E-state index in [2.05, 4.69) is 19.2 Å². The second kappa shape index (κ2) is 3.22. The molecule has 1 aromatic carbocycles. The Hall–Kier alpha value is -1.06. The van der Waals surface area contributed by atoms with E-state index >= 15 is 0 Å². The number of aliphatic hydroxyl groups excluding tert-OH is 1. The summed E-state index contributed by atoms with van der Waals surface area (Å²) >= 11 is 0. The predicted molar refractivity (Wildman–Crippen MR) is 63.8 cm³/mol. The second-order valence-electron chi connectivity index (χ2n) is 5.19. The highest BCUT2D eigenvalue weighted by atomic mass is 16.5. The van der Waals surface area contributed by atoms with Crippen molar-refractivity contribution in [3.05, 3.63) is 23.8 Å². The summed E-state index contributed by atoms with van der Waals surface area (Å²) in [6.07, 6.45) is 0.885. The molecule has 0 spiro atoms. The third-order valence-electron chi connectivity index (χ3n) is 4.20. The molecule has 3 unspecified atom stereocenters. The van der Waals surface area contributed by atoms with Crippen molar-refractivity contribution in [2.24, 2.45) is 0 Å². The molecule has 3 aliphatic heterocycles. The molecule has 1 N–H and O–H groups in total. The first-order chi connectivity index (χ1) is 7.64. The van der Waals surface area contributed by atoms with Crippen molar-refractivity contribution in [1.29, 1.82) is 0 Å².